The van der Waals surface area contributed by atoms with Gasteiger partial charge in [-0.3, -0.25) is 9.29 Å². The lowest BCUT2D eigenvalue weighted by atomic mass is 9.87. The summed E-state index contributed by atoms with van der Waals surface area (Å²) in [6, 6.07) is 20.5. The van der Waals surface area contributed by atoms with Crippen LogP contribution in [0.25, 0.3) is 22.2 Å². The fraction of sp³-hybridized carbons (Fsp3) is 0.355. The lowest BCUT2D eigenvalue weighted by Crippen LogP contribution is -2.26. The number of nitrogens with zero attached hydrogens (tertiary/aromatic N) is 3. The Hall–Kier alpha value is -3.29. The number of aromatic hydroxyl groups is 1. The van der Waals surface area contributed by atoms with Crippen LogP contribution in [0.3, 0.4) is 0 Å². The molecule has 0 spiro atoms. The molecule has 1 aliphatic heterocycles. The summed E-state index contributed by atoms with van der Waals surface area (Å²) in [4.78, 5) is 2.28. The maximum absolute atomic E-state index is 12.5. The summed E-state index contributed by atoms with van der Waals surface area (Å²) in [5.74, 6) is 1.16. The molecule has 1 fully saturated rings. The summed E-state index contributed by atoms with van der Waals surface area (Å²) in [5.41, 5.74) is 8.94. The molecule has 6 rings (SSSR count). The summed E-state index contributed by atoms with van der Waals surface area (Å²) >= 11 is 1.24. The number of phenols is 1. The van der Waals surface area contributed by atoms with Gasteiger partial charge < -0.3 is 9.84 Å². The van der Waals surface area contributed by atoms with Gasteiger partial charge in [-0.2, -0.15) is 8.75 Å². The average Bonchev–Trinajstić information content (AvgIpc) is 3.53. The molecule has 1 saturated heterocycles. The normalized spacial score (nSPS) is 17.8. The summed E-state index contributed by atoms with van der Waals surface area (Å²) < 4.78 is 27.7. The molecule has 7 heteroatoms. The number of likely N-dealkylation sites (tertiary alicyclic amines) is 1. The van der Waals surface area contributed by atoms with Crippen LogP contribution in [-0.4, -0.2) is 51.2 Å². The van der Waals surface area contributed by atoms with E-state index in [4.69, 9.17) is 4.74 Å². The third kappa shape index (κ3) is 5.45. The topological polar surface area (TPSA) is 58.5 Å². The van der Waals surface area contributed by atoms with Gasteiger partial charge >= 0.3 is 0 Å². The number of allylic oxidation sites excluding steroid dienone is 1. The lowest BCUT2D eigenvalue weighted by Gasteiger charge is -2.18. The van der Waals surface area contributed by atoms with Crippen molar-refractivity contribution < 1.29 is 14.2 Å². The monoisotopic (exact) mass is 531 g/mol. The van der Waals surface area contributed by atoms with Gasteiger partial charge in [-0.1, -0.05) is 31.7 Å². The number of alkyl halides is 1. The Kier molecular flexibility index (Phi) is 8.05. The van der Waals surface area contributed by atoms with Crippen LogP contribution in [0.4, 0.5) is 4.39 Å². The second-order valence-electron chi connectivity index (χ2n) is 9.91. The minimum absolute atomic E-state index is 0. The molecule has 5 nitrogen and oxygen atoms in total. The van der Waals surface area contributed by atoms with Gasteiger partial charge in [0.1, 0.15) is 28.6 Å². The number of ether oxygens (including phenoxy) is 1. The van der Waals surface area contributed by atoms with Crippen molar-refractivity contribution in [2.75, 3.05) is 26.3 Å². The fourth-order valence-electron chi connectivity index (χ4n) is 5.63. The molecule has 1 atom stereocenters. The molecular weight excluding hydrogens is 497 g/mol. The number of rotatable bonds is 7. The number of halogens is 1. The lowest BCUT2D eigenvalue weighted by molar-refractivity contribution is 0.198. The Morgan fingerprint density at radius 2 is 1.79 bits per heavy atom. The highest BCUT2D eigenvalue weighted by molar-refractivity contribution is 7.00. The zero-order chi connectivity index (χ0) is 25.2. The molecule has 2 aliphatic rings. The standard InChI is InChI=1S/C30H30FN3O2S.CH4/c31-14-2-15-34-16-13-25(19-34)36-24-9-5-20(6-10-24)30-26(22-7-12-28-29(18-22)33-37-32-28)4-1-3-21-17-23(35)8-11-27(21)30;/h5-12,17-18,25,35H,1-4,13-16,19H2;1H4/t25-;/m0./s1. The van der Waals surface area contributed by atoms with Gasteiger partial charge in [0, 0.05) is 19.6 Å². The van der Waals surface area contributed by atoms with Crippen molar-refractivity contribution in [1.82, 2.24) is 13.6 Å². The van der Waals surface area contributed by atoms with Crippen molar-refractivity contribution in [2.24, 2.45) is 0 Å². The minimum atomic E-state index is -0.265. The second-order valence-corrected chi connectivity index (χ2v) is 10.4. The molecular formula is C31H34FN3O2S. The van der Waals surface area contributed by atoms with E-state index in [9.17, 15) is 9.50 Å². The zero-order valence-electron chi connectivity index (χ0n) is 20.7. The zero-order valence-corrected chi connectivity index (χ0v) is 21.5. The summed E-state index contributed by atoms with van der Waals surface area (Å²) in [5, 5.41) is 10.2. The molecule has 1 aromatic heterocycles. The Morgan fingerprint density at radius 3 is 2.63 bits per heavy atom. The highest BCUT2D eigenvalue weighted by atomic mass is 32.1. The summed E-state index contributed by atoms with van der Waals surface area (Å²) in [7, 11) is 0. The van der Waals surface area contributed by atoms with Crippen LogP contribution in [-0.2, 0) is 6.42 Å². The van der Waals surface area contributed by atoms with E-state index in [-0.39, 0.29) is 20.2 Å². The van der Waals surface area contributed by atoms with Gasteiger partial charge in [0.25, 0.3) is 0 Å². The van der Waals surface area contributed by atoms with Gasteiger partial charge in [0.2, 0.25) is 0 Å². The number of phenolic OH excluding ortho intramolecular Hbond substituents is 1. The maximum Gasteiger partial charge on any atom is 0.119 e. The summed E-state index contributed by atoms with van der Waals surface area (Å²) in [6.07, 6.45) is 4.55. The van der Waals surface area contributed by atoms with Crippen LogP contribution in [0.1, 0.15) is 55.4 Å². The number of hydrogen-bond acceptors (Lipinski definition) is 6. The van der Waals surface area contributed by atoms with Gasteiger partial charge in [0.05, 0.1) is 18.4 Å². The smallest absolute Gasteiger partial charge is 0.119 e. The van der Waals surface area contributed by atoms with Crippen LogP contribution in [0.2, 0.25) is 0 Å². The highest BCUT2D eigenvalue weighted by Gasteiger charge is 2.24. The van der Waals surface area contributed by atoms with E-state index in [2.05, 4.69) is 56.1 Å². The van der Waals surface area contributed by atoms with Crippen LogP contribution >= 0.6 is 11.7 Å². The fourth-order valence-corrected chi connectivity index (χ4v) is 6.15. The average molecular weight is 532 g/mol. The molecule has 0 saturated carbocycles. The highest BCUT2D eigenvalue weighted by Crippen LogP contribution is 2.41. The molecule has 2 heterocycles. The molecule has 0 amide bonds. The minimum Gasteiger partial charge on any atom is -0.508 e. The van der Waals surface area contributed by atoms with Crippen LogP contribution in [0, 0.1) is 0 Å². The molecule has 0 bridgehead atoms. The third-order valence-electron chi connectivity index (χ3n) is 7.42. The van der Waals surface area contributed by atoms with E-state index in [1.165, 1.54) is 28.4 Å². The molecule has 38 heavy (non-hydrogen) atoms. The van der Waals surface area contributed by atoms with E-state index in [1.54, 1.807) is 6.07 Å². The summed E-state index contributed by atoms with van der Waals surface area (Å²) in [6.45, 7) is 2.34. The first-order chi connectivity index (χ1) is 18.2. The van der Waals surface area contributed by atoms with Crippen molar-refractivity contribution in [1.29, 1.82) is 0 Å². The van der Waals surface area contributed by atoms with E-state index in [1.807, 2.05) is 12.1 Å². The van der Waals surface area contributed by atoms with Crippen molar-refractivity contribution in [3.05, 3.63) is 82.9 Å². The van der Waals surface area contributed by atoms with Crippen molar-refractivity contribution in [3.63, 3.8) is 0 Å². The second kappa shape index (κ2) is 11.6. The largest absolute Gasteiger partial charge is 0.508 e. The Bertz CT molecular complexity index is 1430. The molecule has 198 valence electrons. The number of fused-ring (bicyclic) bond motifs is 2. The predicted molar refractivity (Wildman–Crippen MR) is 154 cm³/mol. The van der Waals surface area contributed by atoms with Crippen LogP contribution in [0.15, 0.2) is 60.7 Å². The quantitative estimate of drug-likeness (QED) is 0.275. The van der Waals surface area contributed by atoms with Crippen molar-refractivity contribution in [2.45, 2.75) is 45.6 Å². The van der Waals surface area contributed by atoms with E-state index >= 15 is 0 Å². The Morgan fingerprint density at radius 1 is 0.974 bits per heavy atom. The molecule has 0 unspecified atom stereocenters. The van der Waals surface area contributed by atoms with Gasteiger partial charge in [-0.15, -0.1) is 0 Å². The van der Waals surface area contributed by atoms with E-state index in [0.29, 0.717) is 12.2 Å². The first kappa shape index (κ1) is 26.3. The van der Waals surface area contributed by atoms with Crippen LogP contribution in [0.5, 0.6) is 11.5 Å². The first-order valence-corrected chi connectivity index (χ1v) is 13.7. The van der Waals surface area contributed by atoms with Gasteiger partial charge in [-0.25, -0.2) is 0 Å². The maximum atomic E-state index is 12.5. The number of hydrogen-bond donors (Lipinski definition) is 1. The van der Waals surface area contributed by atoms with Gasteiger partial charge in [0.15, 0.2) is 0 Å². The molecule has 3 aromatic carbocycles. The first-order valence-electron chi connectivity index (χ1n) is 13.0. The molecule has 1 aliphatic carbocycles. The molecule has 1 N–H and O–H groups in total. The Balaban J connectivity index is 0.00000294. The van der Waals surface area contributed by atoms with Crippen LogP contribution < -0.4 is 4.74 Å². The third-order valence-corrected chi connectivity index (χ3v) is 7.97. The van der Waals surface area contributed by atoms with Crippen molar-refractivity contribution >= 4 is 33.9 Å². The van der Waals surface area contributed by atoms with E-state index in [0.717, 1.165) is 78.8 Å². The Labute approximate surface area is 227 Å². The molecule has 4 aromatic rings. The predicted octanol–water partition coefficient (Wildman–Crippen LogP) is 7.14. The van der Waals surface area contributed by atoms with E-state index < -0.39 is 0 Å². The SMILES string of the molecule is C.Oc1ccc2c(c1)CCCC(c1ccc3nsnc3c1)=C2c1ccc(O[C@H]2CCN(CCCF)C2)cc1. The number of aromatic nitrogens is 2. The van der Waals surface area contributed by atoms with Gasteiger partial charge in [-0.05, 0) is 102 Å². The molecule has 0 radical (unpaired) electrons. The van der Waals surface area contributed by atoms with Crippen molar-refractivity contribution in [3.8, 4) is 11.5 Å². The number of aryl methyl sites for hydroxylation is 1. The number of benzene rings is 3.